The van der Waals surface area contributed by atoms with Gasteiger partial charge < -0.3 is 10.1 Å². The second kappa shape index (κ2) is 5.03. The lowest BCUT2D eigenvalue weighted by molar-refractivity contribution is -0.00251. The van der Waals surface area contributed by atoms with Crippen molar-refractivity contribution in [2.45, 2.75) is 44.2 Å². The minimum absolute atomic E-state index is 0.522. The molecule has 0 aliphatic carbocycles. The lowest BCUT2D eigenvalue weighted by Crippen LogP contribution is -2.41. The van der Waals surface area contributed by atoms with Crippen LogP contribution in [0.4, 0.5) is 0 Å². The van der Waals surface area contributed by atoms with E-state index in [0.717, 1.165) is 18.6 Å². The van der Waals surface area contributed by atoms with Gasteiger partial charge in [0, 0.05) is 32.3 Å². The highest BCUT2D eigenvalue weighted by Crippen LogP contribution is 2.26. The van der Waals surface area contributed by atoms with Crippen LogP contribution in [0.25, 0.3) is 0 Å². The predicted molar refractivity (Wildman–Crippen MR) is 64.5 cm³/mol. The van der Waals surface area contributed by atoms with Gasteiger partial charge >= 0.3 is 0 Å². The van der Waals surface area contributed by atoms with Gasteiger partial charge in [0.25, 0.3) is 0 Å². The fourth-order valence-corrected chi connectivity index (χ4v) is 3.52. The molecule has 3 atom stereocenters. The Kier molecular flexibility index (Phi) is 3.46. The van der Waals surface area contributed by atoms with Crippen molar-refractivity contribution in [3.8, 4) is 0 Å². The molecule has 0 aromatic heterocycles. The minimum Gasteiger partial charge on any atom is -0.377 e. The molecule has 0 saturated carbocycles. The van der Waals surface area contributed by atoms with Gasteiger partial charge in [0.05, 0.1) is 6.10 Å². The number of nitrogens with one attached hydrogen (secondary N) is 1. The highest BCUT2D eigenvalue weighted by atomic mass is 16.5. The van der Waals surface area contributed by atoms with E-state index in [-0.39, 0.29) is 0 Å². The van der Waals surface area contributed by atoms with Crippen molar-refractivity contribution in [3.63, 3.8) is 0 Å². The molecule has 3 aliphatic heterocycles. The van der Waals surface area contributed by atoms with Gasteiger partial charge in [-0.1, -0.05) is 0 Å². The van der Waals surface area contributed by atoms with E-state index in [1.165, 1.54) is 58.3 Å². The summed E-state index contributed by atoms with van der Waals surface area (Å²) in [5, 5.41) is 3.67. The molecular formula is C13H24N2O. The zero-order valence-corrected chi connectivity index (χ0v) is 10.2. The molecule has 3 rings (SSSR count). The summed E-state index contributed by atoms with van der Waals surface area (Å²) >= 11 is 0. The molecule has 0 bridgehead atoms. The third-order valence-electron chi connectivity index (χ3n) is 4.41. The van der Waals surface area contributed by atoms with Crippen LogP contribution in [-0.4, -0.2) is 49.8 Å². The zero-order valence-electron chi connectivity index (χ0n) is 10.2. The van der Waals surface area contributed by atoms with E-state index in [4.69, 9.17) is 4.74 Å². The first-order valence-electron chi connectivity index (χ1n) is 6.99. The van der Waals surface area contributed by atoms with E-state index >= 15 is 0 Å². The zero-order chi connectivity index (χ0) is 10.8. The Morgan fingerprint density at radius 2 is 2.12 bits per heavy atom. The third-order valence-corrected chi connectivity index (χ3v) is 4.41. The van der Waals surface area contributed by atoms with E-state index in [1.54, 1.807) is 0 Å². The van der Waals surface area contributed by atoms with Crippen LogP contribution in [0, 0.1) is 5.92 Å². The Morgan fingerprint density at radius 1 is 1.12 bits per heavy atom. The monoisotopic (exact) mass is 224 g/mol. The number of rotatable bonds is 2. The first-order chi connectivity index (χ1) is 7.92. The van der Waals surface area contributed by atoms with Gasteiger partial charge in [0.2, 0.25) is 0 Å². The van der Waals surface area contributed by atoms with Gasteiger partial charge in [-0.25, -0.2) is 0 Å². The van der Waals surface area contributed by atoms with Crippen LogP contribution in [0.5, 0.6) is 0 Å². The van der Waals surface area contributed by atoms with Crippen molar-refractivity contribution >= 4 is 0 Å². The smallest absolute Gasteiger partial charge is 0.0702 e. The van der Waals surface area contributed by atoms with Crippen molar-refractivity contribution in [3.05, 3.63) is 0 Å². The molecule has 0 spiro atoms. The summed E-state index contributed by atoms with van der Waals surface area (Å²) in [6.45, 7) is 5.95. The molecular weight excluding hydrogens is 200 g/mol. The molecule has 3 fully saturated rings. The summed E-state index contributed by atoms with van der Waals surface area (Å²) in [7, 11) is 0. The van der Waals surface area contributed by atoms with Crippen LogP contribution in [0.15, 0.2) is 0 Å². The topological polar surface area (TPSA) is 24.5 Å². The van der Waals surface area contributed by atoms with Crippen molar-refractivity contribution in [2.24, 2.45) is 5.92 Å². The summed E-state index contributed by atoms with van der Waals surface area (Å²) in [6, 6.07) is 0.775. The van der Waals surface area contributed by atoms with Crippen LogP contribution in [0.3, 0.4) is 0 Å². The fourth-order valence-electron chi connectivity index (χ4n) is 3.52. The quantitative estimate of drug-likeness (QED) is 0.764. The Hall–Kier alpha value is -0.120. The molecule has 16 heavy (non-hydrogen) atoms. The lowest BCUT2D eigenvalue weighted by Gasteiger charge is -2.27. The fraction of sp³-hybridized carbons (Fsp3) is 1.00. The SMILES string of the molecule is C1CCC(CN2CC3CCCNC3C2)OC1. The number of hydrogen-bond acceptors (Lipinski definition) is 3. The van der Waals surface area contributed by atoms with Crippen molar-refractivity contribution in [1.29, 1.82) is 0 Å². The molecule has 0 aromatic rings. The van der Waals surface area contributed by atoms with Crippen molar-refractivity contribution in [2.75, 3.05) is 32.8 Å². The number of ether oxygens (including phenoxy) is 1. The van der Waals surface area contributed by atoms with Gasteiger partial charge in [0.1, 0.15) is 0 Å². The molecule has 0 radical (unpaired) electrons. The molecule has 1 N–H and O–H groups in total. The molecule has 0 amide bonds. The molecule has 3 aliphatic rings. The van der Waals surface area contributed by atoms with Crippen molar-refractivity contribution in [1.82, 2.24) is 10.2 Å². The van der Waals surface area contributed by atoms with E-state index in [1.807, 2.05) is 0 Å². The van der Waals surface area contributed by atoms with Crippen LogP contribution >= 0.6 is 0 Å². The standard InChI is InChI=1S/C13H24N2O/c1-2-7-16-12(5-1)9-15-8-11-4-3-6-14-13(11)10-15/h11-14H,1-10H2. The minimum atomic E-state index is 0.522. The largest absolute Gasteiger partial charge is 0.377 e. The molecule has 92 valence electrons. The summed E-state index contributed by atoms with van der Waals surface area (Å²) in [5.41, 5.74) is 0. The Bertz CT molecular complexity index is 214. The average molecular weight is 224 g/mol. The number of fused-ring (bicyclic) bond motifs is 1. The predicted octanol–water partition coefficient (Wildman–Crippen LogP) is 1.24. The first-order valence-corrected chi connectivity index (χ1v) is 6.99. The van der Waals surface area contributed by atoms with Gasteiger partial charge in [-0.2, -0.15) is 0 Å². The van der Waals surface area contributed by atoms with Gasteiger partial charge in [0.15, 0.2) is 0 Å². The van der Waals surface area contributed by atoms with Crippen LogP contribution in [-0.2, 0) is 4.74 Å². The first kappa shape index (κ1) is 11.0. The van der Waals surface area contributed by atoms with Gasteiger partial charge in [-0.15, -0.1) is 0 Å². The number of nitrogens with zero attached hydrogens (tertiary/aromatic N) is 1. The maximum atomic E-state index is 5.83. The highest BCUT2D eigenvalue weighted by Gasteiger charge is 2.35. The van der Waals surface area contributed by atoms with E-state index < -0.39 is 0 Å². The molecule has 3 saturated heterocycles. The number of likely N-dealkylation sites (tertiary alicyclic amines) is 1. The summed E-state index contributed by atoms with van der Waals surface area (Å²) in [4.78, 5) is 2.63. The van der Waals surface area contributed by atoms with E-state index in [0.29, 0.717) is 6.10 Å². The van der Waals surface area contributed by atoms with Crippen LogP contribution in [0.1, 0.15) is 32.1 Å². The van der Waals surface area contributed by atoms with Crippen LogP contribution < -0.4 is 5.32 Å². The van der Waals surface area contributed by atoms with Gasteiger partial charge in [-0.3, -0.25) is 4.90 Å². The normalized spacial score (nSPS) is 40.9. The second-order valence-electron chi connectivity index (χ2n) is 5.67. The highest BCUT2D eigenvalue weighted by molar-refractivity contribution is 4.92. The van der Waals surface area contributed by atoms with E-state index in [2.05, 4.69) is 10.2 Å². The summed E-state index contributed by atoms with van der Waals surface area (Å²) in [5.74, 6) is 0.914. The second-order valence-corrected chi connectivity index (χ2v) is 5.67. The summed E-state index contributed by atoms with van der Waals surface area (Å²) < 4.78 is 5.83. The molecule has 0 aromatic carbocycles. The summed E-state index contributed by atoms with van der Waals surface area (Å²) in [6.07, 6.45) is 7.23. The average Bonchev–Trinajstić information content (AvgIpc) is 2.72. The molecule has 3 heterocycles. The number of piperidine rings is 1. The van der Waals surface area contributed by atoms with Gasteiger partial charge in [-0.05, 0) is 44.6 Å². The van der Waals surface area contributed by atoms with E-state index in [9.17, 15) is 0 Å². The Labute approximate surface area is 98.5 Å². The molecule has 3 unspecified atom stereocenters. The Balaban J connectivity index is 1.49. The third kappa shape index (κ3) is 2.41. The van der Waals surface area contributed by atoms with Crippen LogP contribution in [0.2, 0.25) is 0 Å². The molecule has 3 heteroatoms. The molecule has 3 nitrogen and oxygen atoms in total. The Morgan fingerprint density at radius 3 is 2.94 bits per heavy atom. The van der Waals surface area contributed by atoms with Crippen molar-refractivity contribution < 1.29 is 4.74 Å². The lowest BCUT2D eigenvalue weighted by atomic mass is 9.94. The maximum absolute atomic E-state index is 5.83. The maximum Gasteiger partial charge on any atom is 0.0702 e. The number of hydrogen-bond donors (Lipinski definition) is 1.